The average Bonchev–Trinajstić information content (AvgIpc) is 2.01. The van der Waals surface area contributed by atoms with E-state index in [0.29, 0.717) is 24.3 Å². The maximum atomic E-state index is 5.69. The van der Waals surface area contributed by atoms with Gasteiger partial charge in [0.25, 0.3) is 0 Å². The van der Waals surface area contributed by atoms with Gasteiger partial charge in [-0.2, -0.15) is 0 Å². The van der Waals surface area contributed by atoms with E-state index in [1.807, 2.05) is 0 Å². The van der Waals surface area contributed by atoms with Crippen LogP contribution in [0.4, 0.5) is 0 Å². The molecule has 1 N–H and O–H groups in total. The second-order valence-corrected chi connectivity index (χ2v) is 4.45. The molecule has 0 aromatic rings. The molecule has 1 rings (SSSR count). The van der Waals surface area contributed by atoms with Crippen molar-refractivity contribution < 1.29 is 9.47 Å². The summed E-state index contributed by atoms with van der Waals surface area (Å²) in [5.41, 5.74) is 0. The summed E-state index contributed by atoms with van der Waals surface area (Å²) in [6.07, 6.45) is 2.98. The topological polar surface area (TPSA) is 30.5 Å². The van der Waals surface area contributed by atoms with Crippen LogP contribution in [0, 0.1) is 0 Å². The summed E-state index contributed by atoms with van der Waals surface area (Å²) in [7, 11) is 1.74. The zero-order valence-corrected chi connectivity index (χ0v) is 9.75. The Kier molecular flexibility index (Phi) is 4.85. The smallest absolute Gasteiger partial charge is 0.0613 e. The lowest BCUT2D eigenvalue weighted by atomic mass is 9.99. The van der Waals surface area contributed by atoms with E-state index in [-0.39, 0.29) is 0 Å². The van der Waals surface area contributed by atoms with Gasteiger partial charge in [-0.15, -0.1) is 0 Å². The normalized spacial score (nSPS) is 35.6. The maximum Gasteiger partial charge on any atom is 0.0613 e. The zero-order chi connectivity index (χ0) is 10.6. The van der Waals surface area contributed by atoms with Crippen LogP contribution in [0.2, 0.25) is 0 Å². The Morgan fingerprint density at radius 2 is 1.93 bits per heavy atom. The Morgan fingerprint density at radius 3 is 2.43 bits per heavy atom. The minimum atomic E-state index is 0.381. The number of nitrogens with one attached hydrogen (secondary N) is 1. The van der Waals surface area contributed by atoms with Crippen LogP contribution < -0.4 is 5.32 Å². The van der Waals surface area contributed by atoms with Crippen molar-refractivity contribution in [2.75, 3.05) is 13.7 Å². The molecule has 0 bridgehead atoms. The first-order valence-electron chi connectivity index (χ1n) is 5.52. The third-order valence-electron chi connectivity index (χ3n) is 2.63. The van der Waals surface area contributed by atoms with Crippen LogP contribution in [0.3, 0.4) is 0 Å². The van der Waals surface area contributed by atoms with E-state index in [9.17, 15) is 0 Å². The van der Waals surface area contributed by atoms with Crippen LogP contribution in [-0.4, -0.2) is 38.0 Å². The number of hydrogen-bond donors (Lipinski definition) is 1. The molecular formula is C11H23NO2. The lowest BCUT2D eigenvalue weighted by Gasteiger charge is -2.34. The quantitative estimate of drug-likeness (QED) is 0.749. The van der Waals surface area contributed by atoms with Crippen molar-refractivity contribution in [3.8, 4) is 0 Å². The Labute approximate surface area is 87.2 Å². The number of methoxy groups -OCH3 is 1. The molecule has 0 aromatic heterocycles. The molecule has 14 heavy (non-hydrogen) atoms. The second-order valence-electron chi connectivity index (χ2n) is 4.45. The largest absolute Gasteiger partial charge is 0.383 e. The van der Waals surface area contributed by atoms with Gasteiger partial charge < -0.3 is 14.8 Å². The molecule has 0 spiro atoms. The molecule has 3 nitrogen and oxygen atoms in total. The van der Waals surface area contributed by atoms with Crippen molar-refractivity contribution in [1.82, 2.24) is 5.32 Å². The number of rotatable bonds is 4. The molecule has 84 valence electrons. The van der Waals surface area contributed by atoms with E-state index in [2.05, 4.69) is 26.1 Å². The van der Waals surface area contributed by atoms with Crippen molar-refractivity contribution in [2.24, 2.45) is 0 Å². The van der Waals surface area contributed by atoms with Gasteiger partial charge in [0.05, 0.1) is 18.8 Å². The summed E-state index contributed by atoms with van der Waals surface area (Å²) >= 11 is 0. The van der Waals surface area contributed by atoms with Crippen LogP contribution in [0.25, 0.3) is 0 Å². The first-order chi connectivity index (χ1) is 6.61. The van der Waals surface area contributed by atoms with Crippen molar-refractivity contribution in [2.45, 2.75) is 57.9 Å². The molecule has 1 saturated heterocycles. The predicted molar refractivity (Wildman–Crippen MR) is 57.5 cm³/mol. The van der Waals surface area contributed by atoms with Crippen LogP contribution >= 0.6 is 0 Å². The zero-order valence-electron chi connectivity index (χ0n) is 9.75. The van der Waals surface area contributed by atoms with E-state index in [0.717, 1.165) is 19.4 Å². The summed E-state index contributed by atoms with van der Waals surface area (Å²) in [6.45, 7) is 7.23. The second kappa shape index (κ2) is 5.69. The summed E-state index contributed by atoms with van der Waals surface area (Å²) < 4.78 is 10.8. The molecule has 1 aliphatic rings. The Morgan fingerprint density at radius 1 is 1.36 bits per heavy atom. The van der Waals surface area contributed by atoms with Crippen molar-refractivity contribution in [3.63, 3.8) is 0 Å². The van der Waals surface area contributed by atoms with Gasteiger partial charge in [0, 0.05) is 19.2 Å². The molecule has 3 atom stereocenters. The van der Waals surface area contributed by atoms with Gasteiger partial charge in [-0.05, 0) is 33.6 Å². The average molecular weight is 201 g/mol. The minimum absolute atomic E-state index is 0.381. The van der Waals surface area contributed by atoms with Gasteiger partial charge in [0.1, 0.15) is 0 Å². The number of ether oxygens (including phenoxy) is 2. The van der Waals surface area contributed by atoms with Crippen LogP contribution in [0.1, 0.15) is 33.6 Å². The molecule has 0 aliphatic carbocycles. The monoisotopic (exact) mass is 201 g/mol. The van der Waals surface area contributed by atoms with Crippen LogP contribution in [0.15, 0.2) is 0 Å². The molecule has 0 amide bonds. The molecule has 3 unspecified atom stereocenters. The van der Waals surface area contributed by atoms with Crippen molar-refractivity contribution >= 4 is 0 Å². The lowest BCUT2D eigenvalue weighted by Crippen LogP contribution is -2.46. The molecule has 1 fully saturated rings. The summed E-state index contributed by atoms with van der Waals surface area (Å²) in [4.78, 5) is 0. The van der Waals surface area contributed by atoms with Crippen molar-refractivity contribution in [3.05, 3.63) is 0 Å². The highest BCUT2D eigenvalue weighted by atomic mass is 16.5. The first-order valence-corrected chi connectivity index (χ1v) is 5.52. The minimum Gasteiger partial charge on any atom is -0.383 e. The molecule has 3 heteroatoms. The third-order valence-corrected chi connectivity index (χ3v) is 2.63. The fourth-order valence-corrected chi connectivity index (χ4v) is 2.24. The van der Waals surface area contributed by atoms with Gasteiger partial charge in [0.2, 0.25) is 0 Å². The van der Waals surface area contributed by atoms with Crippen LogP contribution in [-0.2, 0) is 9.47 Å². The van der Waals surface area contributed by atoms with E-state index < -0.39 is 0 Å². The highest BCUT2D eigenvalue weighted by molar-refractivity contribution is 4.80. The van der Waals surface area contributed by atoms with E-state index in [1.54, 1.807) is 7.11 Å². The first kappa shape index (κ1) is 12.0. The Bertz CT molecular complexity index is 153. The molecule has 1 aliphatic heterocycles. The Balaban J connectivity index is 2.29. The summed E-state index contributed by atoms with van der Waals surface area (Å²) in [5, 5.41) is 3.58. The highest BCUT2D eigenvalue weighted by Gasteiger charge is 2.24. The van der Waals surface area contributed by atoms with Gasteiger partial charge >= 0.3 is 0 Å². The fraction of sp³-hybridized carbons (Fsp3) is 1.00. The molecule has 1 heterocycles. The molecule has 0 saturated carbocycles. The van der Waals surface area contributed by atoms with Gasteiger partial charge in [-0.25, -0.2) is 0 Å². The van der Waals surface area contributed by atoms with Crippen LogP contribution in [0.5, 0.6) is 0 Å². The molecule has 0 aromatic carbocycles. The highest BCUT2D eigenvalue weighted by Crippen LogP contribution is 2.19. The summed E-state index contributed by atoms with van der Waals surface area (Å²) in [5.74, 6) is 0. The predicted octanol–water partition coefficient (Wildman–Crippen LogP) is 1.57. The van der Waals surface area contributed by atoms with E-state index in [1.165, 1.54) is 0 Å². The number of hydrogen-bond acceptors (Lipinski definition) is 3. The summed E-state index contributed by atoms with van der Waals surface area (Å²) in [6, 6.07) is 1.02. The van der Waals surface area contributed by atoms with E-state index >= 15 is 0 Å². The lowest BCUT2D eigenvalue weighted by molar-refractivity contribution is -0.0443. The molecule has 0 radical (unpaired) electrons. The van der Waals surface area contributed by atoms with Gasteiger partial charge in [-0.3, -0.25) is 0 Å². The Hall–Kier alpha value is -0.120. The molecular weight excluding hydrogens is 178 g/mol. The maximum absolute atomic E-state index is 5.69. The third kappa shape index (κ3) is 3.95. The van der Waals surface area contributed by atoms with Gasteiger partial charge in [0.15, 0.2) is 0 Å². The van der Waals surface area contributed by atoms with Gasteiger partial charge in [-0.1, -0.05) is 0 Å². The SMILES string of the molecule is COCC(C)NC1CC(C)OC(C)C1. The van der Waals surface area contributed by atoms with Crippen molar-refractivity contribution in [1.29, 1.82) is 0 Å². The standard InChI is InChI=1S/C11H23NO2/c1-8(7-13-4)12-11-5-9(2)14-10(3)6-11/h8-12H,5-7H2,1-4H3. The fourth-order valence-electron chi connectivity index (χ4n) is 2.24. The van der Waals surface area contributed by atoms with E-state index in [4.69, 9.17) is 9.47 Å².